The molecule has 2 heterocycles. The summed E-state index contributed by atoms with van der Waals surface area (Å²) in [6.07, 6.45) is 2.69. The van der Waals surface area contributed by atoms with Crippen molar-refractivity contribution < 1.29 is 31.2 Å². The van der Waals surface area contributed by atoms with Gasteiger partial charge in [-0.05, 0) is 61.5 Å². The highest BCUT2D eigenvalue weighted by Gasteiger charge is 2.52. The summed E-state index contributed by atoms with van der Waals surface area (Å²) in [4.78, 5) is 32.2. The average molecular weight is 504 g/mol. The Morgan fingerprint density at radius 3 is 2.33 bits per heavy atom. The molecular formula is C19H20F3N5O4S2. The molecule has 0 aliphatic carbocycles. The number of nitrogens with one attached hydrogen (secondary N) is 2. The number of aromatic nitrogens is 1. The highest BCUT2D eigenvalue weighted by molar-refractivity contribution is 8.00. The number of pyridine rings is 1. The van der Waals surface area contributed by atoms with E-state index in [0.717, 1.165) is 4.90 Å². The number of carbonyl (C=O) groups is 2. The zero-order valence-electron chi connectivity index (χ0n) is 17.7. The summed E-state index contributed by atoms with van der Waals surface area (Å²) >= 11 is -0.302. The largest absolute Gasteiger partial charge is 0.446 e. The van der Waals surface area contributed by atoms with Crippen molar-refractivity contribution in [2.75, 3.05) is 16.7 Å². The Morgan fingerprint density at radius 2 is 1.76 bits per heavy atom. The molecule has 2 aromatic rings. The summed E-state index contributed by atoms with van der Waals surface area (Å²) in [6, 6.07) is 5.70. The van der Waals surface area contributed by atoms with E-state index in [0.29, 0.717) is 5.56 Å². The summed E-state index contributed by atoms with van der Waals surface area (Å²) in [7, 11) is -2.63. The van der Waals surface area contributed by atoms with Crippen LogP contribution in [0.2, 0.25) is 0 Å². The molecule has 1 aliphatic rings. The number of alkyl halides is 3. The smallest absolute Gasteiger partial charge is 0.305 e. The predicted molar refractivity (Wildman–Crippen MR) is 117 cm³/mol. The number of hydrogen-bond acceptors (Lipinski definition) is 6. The summed E-state index contributed by atoms with van der Waals surface area (Å²) in [6.45, 7) is 2.93. The lowest BCUT2D eigenvalue weighted by atomic mass is 10.0. The van der Waals surface area contributed by atoms with Crippen molar-refractivity contribution in [1.82, 2.24) is 14.6 Å². The molecule has 0 spiro atoms. The van der Waals surface area contributed by atoms with E-state index in [1.807, 2.05) is 0 Å². The average Bonchev–Trinajstić information content (AvgIpc) is 2.88. The van der Waals surface area contributed by atoms with Crippen LogP contribution < -0.4 is 14.3 Å². The van der Waals surface area contributed by atoms with Gasteiger partial charge >= 0.3 is 11.5 Å². The maximum Gasteiger partial charge on any atom is 0.446 e. The number of anilines is 2. The van der Waals surface area contributed by atoms with Gasteiger partial charge in [-0.25, -0.2) is 14.4 Å². The maximum atomic E-state index is 13.2. The number of imide groups is 1. The van der Waals surface area contributed by atoms with Crippen LogP contribution in [0.1, 0.15) is 19.4 Å². The maximum absolute atomic E-state index is 13.2. The first kappa shape index (κ1) is 24.8. The molecule has 178 valence electrons. The van der Waals surface area contributed by atoms with Crippen LogP contribution in [0.5, 0.6) is 0 Å². The number of halogens is 3. The van der Waals surface area contributed by atoms with E-state index in [2.05, 4.69) is 14.4 Å². The Hall–Kier alpha value is -2.84. The first-order valence-corrected chi connectivity index (χ1v) is 11.7. The van der Waals surface area contributed by atoms with Crippen LogP contribution in [0.4, 0.5) is 29.3 Å². The zero-order valence-corrected chi connectivity index (χ0v) is 19.3. The molecule has 1 aromatic carbocycles. The van der Waals surface area contributed by atoms with Gasteiger partial charge < -0.3 is 4.90 Å². The fourth-order valence-electron chi connectivity index (χ4n) is 3.14. The number of thioether (sulfide) groups is 1. The monoisotopic (exact) mass is 503 g/mol. The van der Waals surface area contributed by atoms with E-state index in [4.69, 9.17) is 0 Å². The standard InChI is InChI=1S/C19H20F3N5O4S2/c1-18(2)16(28)27(13-4-6-14(7-5-13)32-19(20,21)22)17(29)26(18)11-12-8-9-24-10-15(12)25-33(30,31)23-3/h4-10,23,25H,11H2,1-3H3. The third-order valence-electron chi connectivity index (χ3n) is 4.90. The molecule has 0 saturated carbocycles. The van der Waals surface area contributed by atoms with Gasteiger partial charge in [-0.2, -0.15) is 21.6 Å². The van der Waals surface area contributed by atoms with Crippen molar-refractivity contribution in [3.63, 3.8) is 0 Å². The van der Waals surface area contributed by atoms with E-state index in [1.54, 1.807) is 0 Å². The van der Waals surface area contributed by atoms with Gasteiger partial charge in [-0.15, -0.1) is 0 Å². The van der Waals surface area contributed by atoms with E-state index in [1.165, 1.54) is 68.5 Å². The van der Waals surface area contributed by atoms with Gasteiger partial charge in [0.05, 0.1) is 24.1 Å². The number of nitrogens with zero attached hydrogens (tertiary/aromatic N) is 3. The van der Waals surface area contributed by atoms with E-state index in [-0.39, 0.29) is 34.6 Å². The Balaban J connectivity index is 1.89. The lowest BCUT2D eigenvalue weighted by Crippen LogP contribution is -2.43. The normalized spacial score (nSPS) is 16.4. The van der Waals surface area contributed by atoms with Gasteiger partial charge in [0.1, 0.15) is 5.54 Å². The number of rotatable bonds is 7. The number of amides is 3. The quantitative estimate of drug-likeness (QED) is 0.443. The van der Waals surface area contributed by atoms with Gasteiger partial charge in [0.15, 0.2) is 0 Å². The summed E-state index contributed by atoms with van der Waals surface area (Å²) in [5.41, 5.74) is -5.14. The molecule has 0 atom stereocenters. The van der Waals surface area contributed by atoms with Crippen LogP contribution in [-0.4, -0.2) is 48.3 Å². The van der Waals surface area contributed by atoms with Crippen LogP contribution in [-0.2, 0) is 21.5 Å². The number of hydrogen-bond donors (Lipinski definition) is 2. The molecule has 1 fully saturated rings. The minimum Gasteiger partial charge on any atom is -0.305 e. The predicted octanol–water partition coefficient (Wildman–Crippen LogP) is 3.32. The Bertz CT molecular complexity index is 1170. The molecular weight excluding hydrogens is 483 g/mol. The SMILES string of the molecule is CNS(=O)(=O)Nc1cnccc1CN1C(=O)N(c2ccc(SC(F)(F)F)cc2)C(=O)C1(C)C. The summed E-state index contributed by atoms with van der Waals surface area (Å²) < 4.78 is 65.9. The van der Waals surface area contributed by atoms with Gasteiger partial charge in [0, 0.05) is 18.1 Å². The van der Waals surface area contributed by atoms with E-state index in [9.17, 15) is 31.2 Å². The molecule has 3 amide bonds. The van der Waals surface area contributed by atoms with Gasteiger partial charge in [-0.3, -0.25) is 14.5 Å². The molecule has 14 heteroatoms. The minimum absolute atomic E-state index is 0.0836. The highest BCUT2D eigenvalue weighted by atomic mass is 32.2. The Kier molecular flexibility index (Phi) is 6.64. The van der Waals surface area contributed by atoms with E-state index < -0.39 is 33.2 Å². The summed E-state index contributed by atoms with van der Waals surface area (Å²) in [5.74, 6) is -0.574. The number of carbonyl (C=O) groups excluding carboxylic acids is 2. The van der Waals surface area contributed by atoms with Crippen molar-refractivity contribution >= 4 is 45.3 Å². The van der Waals surface area contributed by atoms with Crippen LogP contribution in [0, 0.1) is 0 Å². The molecule has 33 heavy (non-hydrogen) atoms. The fourth-order valence-corrected chi connectivity index (χ4v) is 4.26. The highest BCUT2D eigenvalue weighted by Crippen LogP contribution is 2.39. The molecule has 2 N–H and O–H groups in total. The topological polar surface area (TPSA) is 112 Å². The Morgan fingerprint density at radius 1 is 1.12 bits per heavy atom. The van der Waals surface area contributed by atoms with Crippen molar-refractivity contribution in [2.45, 2.75) is 36.3 Å². The molecule has 3 rings (SSSR count). The molecule has 1 saturated heterocycles. The molecule has 1 aromatic heterocycles. The van der Waals surface area contributed by atoms with E-state index >= 15 is 0 Å². The van der Waals surface area contributed by atoms with Gasteiger partial charge in [0.25, 0.3) is 16.1 Å². The molecule has 9 nitrogen and oxygen atoms in total. The number of urea groups is 1. The van der Waals surface area contributed by atoms with Gasteiger partial charge in [-0.1, -0.05) is 0 Å². The number of benzene rings is 1. The van der Waals surface area contributed by atoms with Gasteiger partial charge in [0.2, 0.25) is 0 Å². The molecule has 0 radical (unpaired) electrons. The fraction of sp³-hybridized carbons (Fsp3) is 0.316. The molecule has 0 unspecified atom stereocenters. The minimum atomic E-state index is -4.46. The van der Waals surface area contributed by atoms with Crippen molar-refractivity contribution in [3.05, 3.63) is 48.3 Å². The van der Waals surface area contributed by atoms with Crippen LogP contribution in [0.3, 0.4) is 0 Å². The Labute approximate surface area is 192 Å². The van der Waals surface area contributed by atoms with Crippen molar-refractivity contribution in [2.24, 2.45) is 0 Å². The van der Waals surface area contributed by atoms with Crippen molar-refractivity contribution in [3.8, 4) is 0 Å². The molecule has 1 aliphatic heterocycles. The third-order valence-corrected chi connectivity index (χ3v) is 6.67. The van der Waals surface area contributed by atoms with Crippen LogP contribution >= 0.6 is 11.8 Å². The zero-order chi connectivity index (χ0) is 24.6. The van der Waals surface area contributed by atoms with Crippen molar-refractivity contribution in [1.29, 1.82) is 0 Å². The first-order valence-electron chi connectivity index (χ1n) is 9.41. The first-order chi connectivity index (χ1) is 15.2. The molecule has 0 bridgehead atoms. The second-order valence-corrected chi connectivity index (χ2v) is 10.2. The lowest BCUT2D eigenvalue weighted by molar-refractivity contribution is -0.123. The second kappa shape index (κ2) is 8.83. The summed E-state index contributed by atoms with van der Waals surface area (Å²) in [5, 5.41) is 0. The second-order valence-electron chi connectivity index (χ2n) is 7.45. The van der Waals surface area contributed by atoms with Crippen LogP contribution in [0.25, 0.3) is 0 Å². The van der Waals surface area contributed by atoms with Crippen LogP contribution in [0.15, 0.2) is 47.6 Å². The lowest BCUT2D eigenvalue weighted by Gasteiger charge is -2.28. The third kappa shape index (κ3) is 5.39.